The van der Waals surface area contributed by atoms with Crippen LogP contribution in [0.5, 0.6) is 0 Å². The van der Waals surface area contributed by atoms with Gasteiger partial charge in [0.2, 0.25) is 0 Å². The van der Waals surface area contributed by atoms with Gasteiger partial charge >= 0.3 is 0 Å². The minimum absolute atomic E-state index is 0.0927. The lowest BCUT2D eigenvalue weighted by Crippen LogP contribution is -2.31. The molecule has 0 aliphatic carbocycles. The van der Waals surface area contributed by atoms with Crippen molar-refractivity contribution in [3.05, 3.63) is 28.7 Å². The highest BCUT2D eigenvalue weighted by Gasteiger charge is 2.13. The molecule has 0 aromatic heterocycles. The first-order valence-electron chi connectivity index (χ1n) is 5.48. The van der Waals surface area contributed by atoms with E-state index in [0.717, 1.165) is 4.47 Å². The SMILES string of the molecule is N=C(N)NCCCCS(=O)(=O)c1cccc(Br)c1. The highest BCUT2D eigenvalue weighted by molar-refractivity contribution is 9.10. The van der Waals surface area contributed by atoms with Crippen molar-refractivity contribution in [2.24, 2.45) is 5.73 Å². The van der Waals surface area contributed by atoms with Crippen LogP contribution in [-0.4, -0.2) is 26.7 Å². The standard InChI is InChI=1S/C11H16BrN3O2S/c12-9-4-3-5-10(8-9)18(16,17)7-2-1-6-15-11(13)14/h3-5,8H,1-2,6-7H2,(H4,13,14,15). The largest absolute Gasteiger partial charge is 0.370 e. The lowest BCUT2D eigenvalue weighted by molar-refractivity contribution is 0.591. The van der Waals surface area contributed by atoms with Crippen molar-refractivity contribution in [1.82, 2.24) is 5.32 Å². The molecule has 100 valence electrons. The van der Waals surface area contributed by atoms with Crippen molar-refractivity contribution in [3.63, 3.8) is 0 Å². The smallest absolute Gasteiger partial charge is 0.185 e. The van der Waals surface area contributed by atoms with Crippen molar-refractivity contribution in [1.29, 1.82) is 5.41 Å². The van der Waals surface area contributed by atoms with E-state index in [1.807, 2.05) is 0 Å². The maximum Gasteiger partial charge on any atom is 0.185 e. The third-order valence-electron chi connectivity index (χ3n) is 2.31. The lowest BCUT2D eigenvalue weighted by atomic mass is 10.3. The first-order chi connectivity index (χ1) is 8.42. The molecule has 18 heavy (non-hydrogen) atoms. The summed E-state index contributed by atoms with van der Waals surface area (Å²) >= 11 is 3.25. The number of nitrogens with one attached hydrogen (secondary N) is 2. The van der Waals surface area contributed by atoms with Crippen LogP contribution in [-0.2, 0) is 9.84 Å². The number of halogens is 1. The monoisotopic (exact) mass is 333 g/mol. The zero-order valence-corrected chi connectivity index (χ0v) is 12.2. The number of rotatable bonds is 6. The molecule has 5 nitrogen and oxygen atoms in total. The lowest BCUT2D eigenvalue weighted by Gasteiger charge is -2.06. The maximum absolute atomic E-state index is 12.0. The summed E-state index contributed by atoms with van der Waals surface area (Å²) in [7, 11) is -3.23. The number of unbranched alkanes of at least 4 members (excludes halogenated alkanes) is 1. The van der Waals surface area contributed by atoms with Crippen molar-refractivity contribution >= 4 is 31.7 Å². The Morgan fingerprint density at radius 1 is 1.39 bits per heavy atom. The highest BCUT2D eigenvalue weighted by atomic mass is 79.9. The van der Waals surface area contributed by atoms with Gasteiger partial charge in [0.05, 0.1) is 10.6 Å². The second-order valence-electron chi connectivity index (χ2n) is 3.82. The van der Waals surface area contributed by atoms with Crippen LogP contribution < -0.4 is 11.1 Å². The van der Waals surface area contributed by atoms with Crippen LogP contribution in [0.4, 0.5) is 0 Å². The van der Waals surface area contributed by atoms with Crippen LogP contribution in [0.1, 0.15) is 12.8 Å². The van der Waals surface area contributed by atoms with Gasteiger partial charge in [-0.05, 0) is 31.0 Å². The number of sulfone groups is 1. The van der Waals surface area contributed by atoms with E-state index in [0.29, 0.717) is 24.3 Å². The highest BCUT2D eigenvalue weighted by Crippen LogP contribution is 2.18. The molecule has 0 bridgehead atoms. The average Bonchev–Trinajstić information content (AvgIpc) is 2.28. The third-order valence-corrected chi connectivity index (χ3v) is 4.60. The van der Waals surface area contributed by atoms with Crippen molar-refractivity contribution in [3.8, 4) is 0 Å². The van der Waals surface area contributed by atoms with Crippen LogP contribution in [0, 0.1) is 5.41 Å². The Kier molecular flexibility index (Phi) is 5.61. The van der Waals surface area contributed by atoms with Gasteiger partial charge in [-0.25, -0.2) is 8.42 Å². The Hall–Kier alpha value is -1.08. The summed E-state index contributed by atoms with van der Waals surface area (Å²) in [5.41, 5.74) is 5.12. The molecule has 4 N–H and O–H groups in total. The topological polar surface area (TPSA) is 96.0 Å². The van der Waals surface area contributed by atoms with E-state index < -0.39 is 9.84 Å². The van der Waals surface area contributed by atoms with Gasteiger partial charge in [0.1, 0.15) is 0 Å². The Morgan fingerprint density at radius 3 is 2.72 bits per heavy atom. The molecule has 0 aliphatic heterocycles. The molecule has 0 heterocycles. The van der Waals surface area contributed by atoms with E-state index >= 15 is 0 Å². The fraction of sp³-hybridized carbons (Fsp3) is 0.364. The zero-order chi connectivity index (χ0) is 13.6. The molecule has 0 radical (unpaired) electrons. The van der Waals surface area contributed by atoms with Gasteiger partial charge in [0, 0.05) is 11.0 Å². The van der Waals surface area contributed by atoms with Crippen LogP contribution >= 0.6 is 15.9 Å². The normalized spacial score (nSPS) is 11.2. The summed E-state index contributed by atoms with van der Waals surface area (Å²) < 4.78 is 24.7. The summed E-state index contributed by atoms with van der Waals surface area (Å²) in [5.74, 6) is 0.00750. The summed E-state index contributed by atoms with van der Waals surface area (Å²) in [4.78, 5) is 0.330. The van der Waals surface area contributed by atoms with Gasteiger partial charge in [-0.2, -0.15) is 0 Å². The first kappa shape index (κ1) is 15.0. The zero-order valence-electron chi connectivity index (χ0n) is 9.82. The van der Waals surface area contributed by atoms with Gasteiger partial charge in [0.25, 0.3) is 0 Å². The van der Waals surface area contributed by atoms with E-state index in [2.05, 4.69) is 21.2 Å². The molecule has 0 fully saturated rings. The van der Waals surface area contributed by atoms with Crippen molar-refractivity contribution in [2.75, 3.05) is 12.3 Å². The Bertz CT molecular complexity index is 517. The molecule has 0 aliphatic rings. The first-order valence-corrected chi connectivity index (χ1v) is 7.92. The van der Waals surface area contributed by atoms with Gasteiger partial charge < -0.3 is 11.1 Å². The fourth-order valence-corrected chi connectivity index (χ4v) is 3.38. The molecular weight excluding hydrogens is 318 g/mol. The number of benzene rings is 1. The van der Waals surface area contributed by atoms with E-state index in [4.69, 9.17) is 11.1 Å². The number of hydrogen-bond acceptors (Lipinski definition) is 3. The predicted molar refractivity (Wildman–Crippen MR) is 75.3 cm³/mol. The van der Waals surface area contributed by atoms with Gasteiger partial charge in [-0.1, -0.05) is 22.0 Å². The van der Waals surface area contributed by atoms with Crippen molar-refractivity contribution < 1.29 is 8.42 Å². The molecule has 1 aromatic rings. The molecule has 0 saturated heterocycles. The third kappa shape index (κ3) is 5.05. The molecular formula is C11H16BrN3O2S. The maximum atomic E-state index is 12.0. The Balaban J connectivity index is 2.48. The molecule has 1 aromatic carbocycles. The molecule has 0 unspecified atom stereocenters. The fourth-order valence-electron chi connectivity index (χ4n) is 1.42. The van der Waals surface area contributed by atoms with Crippen molar-refractivity contribution in [2.45, 2.75) is 17.7 Å². The molecule has 0 amide bonds. The summed E-state index contributed by atoms with van der Waals surface area (Å²) in [6, 6.07) is 6.68. The molecule has 7 heteroatoms. The van der Waals surface area contributed by atoms with Crippen LogP contribution in [0.15, 0.2) is 33.6 Å². The Morgan fingerprint density at radius 2 is 2.11 bits per heavy atom. The number of nitrogens with two attached hydrogens (primary N) is 1. The van der Waals surface area contributed by atoms with E-state index in [1.54, 1.807) is 24.3 Å². The average molecular weight is 334 g/mol. The van der Waals surface area contributed by atoms with Crippen LogP contribution in [0.2, 0.25) is 0 Å². The summed E-state index contributed by atoms with van der Waals surface area (Å²) in [5, 5.41) is 9.59. The van der Waals surface area contributed by atoms with E-state index in [1.165, 1.54) is 0 Å². The van der Waals surface area contributed by atoms with Crippen LogP contribution in [0.25, 0.3) is 0 Å². The van der Waals surface area contributed by atoms with Crippen LogP contribution in [0.3, 0.4) is 0 Å². The van der Waals surface area contributed by atoms with E-state index in [9.17, 15) is 8.42 Å². The van der Waals surface area contributed by atoms with E-state index in [-0.39, 0.29) is 11.7 Å². The summed E-state index contributed by atoms with van der Waals surface area (Å²) in [6.45, 7) is 0.517. The molecule has 0 atom stereocenters. The number of guanidine groups is 1. The minimum atomic E-state index is -3.23. The quantitative estimate of drug-likeness (QED) is 0.417. The minimum Gasteiger partial charge on any atom is -0.370 e. The van der Waals surface area contributed by atoms with Gasteiger partial charge in [-0.15, -0.1) is 0 Å². The molecule has 1 rings (SSSR count). The molecule has 0 spiro atoms. The van der Waals surface area contributed by atoms with Gasteiger partial charge in [0.15, 0.2) is 15.8 Å². The van der Waals surface area contributed by atoms with Gasteiger partial charge in [-0.3, -0.25) is 5.41 Å². The predicted octanol–water partition coefficient (Wildman–Crippen LogP) is 1.49. The Labute approximate surface area is 115 Å². The number of hydrogen-bond donors (Lipinski definition) is 3. The summed E-state index contributed by atoms with van der Waals surface area (Å²) in [6.07, 6.45) is 1.20. The molecule has 0 saturated carbocycles. The second-order valence-corrected chi connectivity index (χ2v) is 6.85. The second kappa shape index (κ2) is 6.75.